The van der Waals surface area contributed by atoms with Crippen molar-refractivity contribution in [2.24, 2.45) is 0 Å². The maximum Gasteiger partial charge on any atom is 0.270 e. The van der Waals surface area contributed by atoms with Crippen molar-refractivity contribution in [2.45, 2.75) is 13.5 Å². The van der Waals surface area contributed by atoms with E-state index in [2.05, 4.69) is 36.5 Å². The number of carbonyl (C=O) groups is 1. The van der Waals surface area contributed by atoms with Crippen LogP contribution in [-0.4, -0.2) is 15.9 Å². The lowest BCUT2D eigenvalue weighted by Crippen LogP contribution is -2.23. The fraction of sp³-hybridized carbons (Fsp3) is 0.105. The average Bonchev–Trinajstić information content (AvgIpc) is 2.64. The van der Waals surface area contributed by atoms with Crippen molar-refractivity contribution in [1.29, 1.82) is 0 Å². The molecule has 0 bridgehead atoms. The lowest BCUT2D eigenvalue weighted by atomic mass is 10.2. The number of aryl methyl sites for hydroxylation is 1. The number of hydrogen-bond acceptors (Lipinski definition) is 4. The second-order valence-corrected chi connectivity index (χ2v) is 6.41. The molecule has 0 spiro atoms. The molecule has 25 heavy (non-hydrogen) atoms. The summed E-state index contributed by atoms with van der Waals surface area (Å²) in [7, 11) is 0. The van der Waals surface area contributed by atoms with E-state index >= 15 is 0 Å². The maximum atomic E-state index is 12.2. The van der Waals surface area contributed by atoms with Gasteiger partial charge in [-0.15, -0.1) is 0 Å². The minimum Gasteiger partial charge on any atom is -0.354 e. The Morgan fingerprint density at radius 3 is 2.52 bits per heavy atom. The second-order valence-electron chi connectivity index (χ2n) is 5.56. The van der Waals surface area contributed by atoms with Crippen LogP contribution < -0.4 is 10.6 Å². The van der Waals surface area contributed by atoms with E-state index in [-0.39, 0.29) is 5.91 Å². The standard InChI is InChI=1S/C19H17BrN4O/c1-13-2-3-15(10-17(13)20)24-16-4-5-18(22-12-16)19(25)23-11-14-6-8-21-9-7-14/h2-10,12,24H,11H2,1H3,(H,23,25). The molecule has 0 saturated heterocycles. The monoisotopic (exact) mass is 396 g/mol. The number of benzene rings is 1. The maximum absolute atomic E-state index is 12.2. The number of halogens is 1. The van der Waals surface area contributed by atoms with Gasteiger partial charge >= 0.3 is 0 Å². The zero-order chi connectivity index (χ0) is 17.6. The summed E-state index contributed by atoms with van der Waals surface area (Å²) in [6.07, 6.45) is 5.04. The van der Waals surface area contributed by atoms with Gasteiger partial charge in [-0.2, -0.15) is 0 Å². The van der Waals surface area contributed by atoms with Gasteiger partial charge in [0.25, 0.3) is 5.91 Å². The minimum atomic E-state index is -0.207. The Morgan fingerprint density at radius 2 is 1.84 bits per heavy atom. The van der Waals surface area contributed by atoms with Gasteiger partial charge in [0, 0.05) is 29.1 Å². The van der Waals surface area contributed by atoms with E-state index in [1.165, 1.54) is 5.56 Å². The Balaban J connectivity index is 1.61. The Bertz CT molecular complexity index is 866. The molecule has 2 aromatic heterocycles. The minimum absolute atomic E-state index is 0.207. The highest BCUT2D eigenvalue weighted by Crippen LogP contribution is 2.23. The van der Waals surface area contributed by atoms with E-state index in [9.17, 15) is 4.79 Å². The average molecular weight is 397 g/mol. The van der Waals surface area contributed by atoms with Gasteiger partial charge in [-0.1, -0.05) is 22.0 Å². The molecule has 0 unspecified atom stereocenters. The van der Waals surface area contributed by atoms with Gasteiger partial charge in [0.05, 0.1) is 11.9 Å². The number of aromatic nitrogens is 2. The van der Waals surface area contributed by atoms with E-state index in [1.54, 1.807) is 24.7 Å². The van der Waals surface area contributed by atoms with Crippen molar-refractivity contribution in [3.63, 3.8) is 0 Å². The summed E-state index contributed by atoms with van der Waals surface area (Å²) in [4.78, 5) is 20.3. The fourth-order valence-electron chi connectivity index (χ4n) is 2.21. The summed E-state index contributed by atoms with van der Waals surface area (Å²) >= 11 is 3.51. The van der Waals surface area contributed by atoms with Crippen LogP contribution >= 0.6 is 15.9 Å². The molecule has 3 rings (SSSR count). The van der Waals surface area contributed by atoms with E-state index in [1.807, 2.05) is 43.3 Å². The van der Waals surface area contributed by atoms with Gasteiger partial charge in [0.2, 0.25) is 0 Å². The van der Waals surface area contributed by atoms with Crippen molar-refractivity contribution in [3.05, 3.63) is 82.3 Å². The first-order chi connectivity index (χ1) is 12.1. The van der Waals surface area contributed by atoms with E-state index < -0.39 is 0 Å². The zero-order valence-corrected chi connectivity index (χ0v) is 15.2. The molecule has 0 fully saturated rings. The lowest BCUT2D eigenvalue weighted by Gasteiger charge is -2.09. The molecular formula is C19H17BrN4O. The molecule has 2 heterocycles. The van der Waals surface area contributed by atoms with Crippen LogP contribution in [0.5, 0.6) is 0 Å². The predicted octanol–water partition coefficient (Wildman–Crippen LogP) is 4.22. The van der Waals surface area contributed by atoms with E-state index in [0.717, 1.165) is 21.4 Å². The van der Waals surface area contributed by atoms with Crippen LogP contribution in [0.4, 0.5) is 11.4 Å². The van der Waals surface area contributed by atoms with Crippen LogP contribution in [0.1, 0.15) is 21.6 Å². The molecule has 126 valence electrons. The molecule has 0 aliphatic heterocycles. The molecule has 0 aliphatic rings. The van der Waals surface area contributed by atoms with Gasteiger partial charge in [-0.05, 0) is 54.4 Å². The molecule has 5 nitrogen and oxygen atoms in total. The summed E-state index contributed by atoms with van der Waals surface area (Å²) in [5.74, 6) is -0.207. The van der Waals surface area contributed by atoms with Crippen molar-refractivity contribution in [1.82, 2.24) is 15.3 Å². The van der Waals surface area contributed by atoms with Gasteiger partial charge in [0.15, 0.2) is 0 Å². The highest BCUT2D eigenvalue weighted by molar-refractivity contribution is 9.10. The smallest absolute Gasteiger partial charge is 0.270 e. The lowest BCUT2D eigenvalue weighted by molar-refractivity contribution is 0.0946. The highest BCUT2D eigenvalue weighted by atomic mass is 79.9. The van der Waals surface area contributed by atoms with Crippen molar-refractivity contribution in [3.8, 4) is 0 Å². The summed E-state index contributed by atoms with van der Waals surface area (Å²) in [6.45, 7) is 2.48. The van der Waals surface area contributed by atoms with Crippen LogP contribution in [0, 0.1) is 6.92 Å². The number of amides is 1. The van der Waals surface area contributed by atoms with Gasteiger partial charge in [-0.3, -0.25) is 9.78 Å². The number of rotatable bonds is 5. The first-order valence-corrected chi connectivity index (χ1v) is 8.57. The second kappa shape index (κ2) is 7.90. The third kappa shape index (κ3) is 4.64. The highest BCUT2D eigenvalue weighted by Gasteiger charge is 2.07. The summed E-state index contributed by atoms with van der Waals surface area (Å²) in [5.41, 5.74) is 4.32. The first-order valence-electron chi connectivity index (χ1n) is 7.78. The molecule has 0 radical (unpaired) electrons. The van der Waals surface area contributed by atoms with Crippen LogP contribution in [0.25, 0.3) is 0 Å². The SMILES string of the molecule is Cc1ccc(Nc2ccc(C(=O)NCc3ccncc3)nc2)cc1Br. The van der Waals surface area contributed by atoms with Crippen molar-refractivity contribution < 1.29 is 4.79 Å². The molecule has 1 amide bonds. The largest absolute Gasteiger partial charge is 0.354 e. The number of anilines is 2. The van der Waals surface area contributed by atoms with Gasteiger partial charge in [0.1, 0.15) is 5.69 Å². The summed E-state index contributed by atoms with van der Waals surface area (Å²) in [6, 6.07) is 13.3. The van der Waals surface area contributed by atoms with Crippen LogP contribution in [-0.2, 0) is 6.54 Å². The van der Waals surface area contributed by atoms with Crippen molar-refractivity contribution in [2.75, 3.05) is 5.32 Å². The van der Waals surface area contributed by atoms with Crippen LogP contribution in [0.15, 0.2) is 65.5 Å². The van der Waals surface area contributed by atoms with Gasteiger partial charge < -0.3 is 10.6 Å². The molecule has 0 saturated carbocycles. The van der Waals surface area contributed by atoms with E-state index in [0.29, 0.717) is 12.2 Å². The fourth-order valence-corrected chi connectivity index (χ4v) is 2.59. The molecular weight excluding hydrogens is 380 g/mol. The van der Waals surface area contributed by atoms with Crippen LogP contribution in [0.2, 0.25) is 0 Å². The molecule has 2 N–H and O–H groups in total. The topological polar surface area (TPSA) is 66.9 Å². The predicted molar refractivity (Wildman–Crippen MR) is 102 cm³/mol. The Morgan fingerprint density at radius 1 is 1.08 bits per heavy atom. The number of nitrogens with zero attached hydrogens (tertiary/aromatic N) is 2. The number of nitrogens with one attached hydrogen (secondary N) is 2. The molecule has 6 heteroatoms. The Labute approximate surface area is 154 Å². The van der Waals surface area contributed by atoms with E-state index in [4.69, 9.17) is 0 Å². The third-order valence-electron chi connectivity index (χ3n) is 3.66. The molecule has 0 aliphatic carbocycles. The first kappa shape index (κ1) is 17.1. The van der Waals surface area contributed by atoms with Crippen molar-refractivity contribution >= 4 is 33.2 Å². The number of carbonyl (C=O) groups excluding carboxylic acids is 1. The summed E-state index contributed by atoms with van der Waals surface area (Å²) in [5, 5.41) is 6.11. The normalized spacial score (nSPS) is 10.3. The van der Waals surface area contributed by atoms with Gasteiger partial charge in [-0.25, -0.2) is 4.98 Å². The number of pyridine rings is 2. The molecule has 1 aromatic carbocycles. The molecule has 3 aromatic rings. The summed E-state index contributed by atoms with van der Waals surface area (Å²) < 4.78 is 1.04. The Hall–Kier alpha value is -2.73. The quantitative estimate of drug-likeness (QED) is 0.677. The third-order valence-corrected chi connectivity index (χ3v) is 4.51. The zero-order valence-electron chi connectivity index (χ0n) is 13.7. The van der Waals surface area contributed by atoms with Crippen LogP contribution in [0.3, 0.4) is 0 Å². The Kier molecular flexibility index (Phi) is 5.40. The number of hydrogen-bond donors (Lipinski definition) is 2. The molecule has 0 atom stereocenters.